The van der Waals surface area contributed by atoms with Crippen molar-refractivity contribution in [3.05, 3.63) is 47.0 Å². The molecule has 3 aromatic rings. The first-order chi connectivity index (χ1) is 10.6. The summed E-state index contributed by atoms with van der Waals surface area (Å²) in [5, 5.41) is 0. The predicted octanol–water partition coefficient (Wildman–Crippen LogP) is 1.28. The van der Waals surface area contributed by atoms with Gasteiger partial charge in [-0.25, -0.2) is 14.3 Å². The zero-order valence-electron chi connectivity index (χ0n) is 11.7. The second kappa shape index (κ2) is 4.59. The molecule has 0 spiro atoms. The molecule has 0 saturated carbocycles. The average molecular weight is 298 g/mol. The Hall–Kier alpha value is -2.83. The first-order valence-electron chi connectivity index (χ1n) is 7.08. The highest BCUT2D eigenvalue weighted by molar-refractivity contribution is 5.91. The Morgan fingerprint density at radius 2 is 2.27 bits per heavy atom. The molecule has 2 N–H and O–H groups in total. The van der Waals surface area contributed by atoms with Crippen LogP contribution >= 0.6 is 0 Å². The highest BCUT2D eigenvalue weighted by atomic mass is 16.4. The largest absolute Gasteiger partial charge is 0.426 e. The number of rotatable bonds is 1. The van der Waals surface area contributed by atoms with Crippen LogP contribution in [-0.4, -0.2) is 20.0 Å². The third-order valence-electron chi connectivity index (χ3n) is 4.15. The van der Waals surface area contributed by atoms with Gasteiger partial charge in [0.25, 0.3) is 0 Å². The number of benzene rings is 1. The number of nitrogen functional groups attached to an aromatic ring is 1. The third kappa shape index (κ3) is 1.86. The van der Waals surface area contributed by atoms with E-state index >= 15 is 0 Å². The standard InChI is InChI=1S/C15H14N4O3/c16-10-1-2-12-13(6-10)22-15(21)19(12)14(20)9-3-4-18-8-17-7-11(18)5-9/h1-2,6-9H,3-5,16H2. The summed E-state index contributed by atoms with van der Waals surface area (Å²) in [6, 6.07) is 4.84. The van der Waals surface area contributed by atoms with E-state index in [9.17, 15) is 9.59 Å². The van der Waals surface area contributed by atoms with Gasteiger partial charge < -0.3 is 14.7 Å². The molecule has 1 atom stereocenters. The van der Waals surface area contributed by atoms with Gasteiger partial charge in [0.15, 0.2) is 5.58 Å². The van der Waals surface area contributed by atoms with Crippen molar-refractivity contribution in [3.8, 4) is 0 Å². The fraction of sp³-hybridized carbons (Fsp3) is 0.267. The van der Waals surface area contributed by atoms with E-state index in [-0.39, 0.29) is 11.8 Å². The summed E-state index contributed by atoms with van der Waals surface area (Å²) in [6.45, 7) is 0.725. The molecule has 22 heavy (non-hydrogen) atoms. The molecular weight excluding hydrogens is 284 g/mol. The molecule has 7 heteroatoms. The number of hydrogen-bond donors (Lipinski definition) is 1. The summed E-state index contributed by atoms with van der Waals surface area (Å²) < 4.78 is 8.28. The molecule has 2 aromatic heterocycles. The van der Waals surface area contributed by atoms with E-state index in [0.717, 1.165) is 16.8 Å². The van der Waals surface area contributed by atoms with E-state index in [1.165, 1.54) is 0 Å². The number of carbonyl (C=O) groups excluding carboxylic acids is 1. The van der Waals surface area contributed by atoms with Crippen LogP contribution in [0.3, 0.4) is 0 Å². The lowest BCUT2D eigenvalue weighted by Crippen LogP contribution is -2.33. The van der Waals surface area contributed by atoms with Gasteiger partial charge >= 0.3 is 5.76 Å². The van der Waals surface area contributed by atoms with Crippen LogP contribution in [0.15, 0.2) is 39.9 Å². The molecule has 0 fully saturated rings. The van der Waals surface area contributed by atoms with E-state index in [2.05, 4.69) is 4.98 Å². The van der Waals surface area contributed by atoms with Gasteiger partial charge in [-0.05, 0) is 18.6 Å². The van der Waals surface area contributed by atoms with E-state index < -0.39 is 5.76 Å². The van der Waals surface area contributed by atoms with Gasteiger partial charge in [-0.15, -0.1) is 0 Å². The minimum atomic E-state index is -0.662. The van der Waals surface area contributed by atoms with Crippen LogP contribution in [0.4, 0.5) is 5.69 Å². The number of nitrogens with zero attached hydrogens (tertiary/aromatic N) is 3. The Morgan fingerprint density at radius 3 is 3.14 bits per heavy atom. The molecule has 0 amide bonds. The van der Waals surface area contributed by atoms with Crippen molar-refractivity contribution in [2.75, 3.05) is 5.73 Å². The Balaban J connectivity index is 1.75. The number of carbonyl (C=O) groups is 1. The molecule has 1 aliphatic rings. The smallest absolute Gasteiger partial charge is 0.407 e. The number of oxazole rings is 1. The van der Waals surface area contributed by atoms with Crippen molar-refractivity contribution >= 4 is 22.7 Å². The van der Waals surface area contributed by atoms with Crippen LogP contribution in [0.2, 0.25) is 0 Å². The predicted molar refractivity (Wildman–Crippen MR) is 79.6 cm³/mol. The van der Waals surface area contributed by atoms with Crippen molar-refractivity contribution in [1.29, 1.82) is 0 Å². The molecule has 1 aromatic carbocycles. The van der Waals surface area contributed by atoms with Crippen molar-refractivity contribution in [3.63, 3.8) is 0 Å². The summed E-state index contributed by atoms with van der Waals surface area (Å²) in [5.74, 6) is -1.15. The maximum Gasteiger partial charge on any atom is 0.426 e. The van der Waals surface area contributed by atoms with Crippen molar-refractivity contribution in [1.82, 2.24) is 14.1 Å². The number of hydrogen-bond acceptors (Lipinski definition) is 5. The van der Waals surface area contributed by atoms with Crippen molar-refractivity contribution in [2.24, 2.45) is 5.92 Å². The maximum atomic E-state index is 12.8. The molecule has 112 valence electrons. The molecule has 0 aliphatic carbocycles. The normalized spacial score (nSPS) is 17.5. The highest BCUT2D eigenvalue weighted by Crippen LogP contribution is 2.23. The molecule has 0 bridgehead atoms. The molecule has 1 aliphatic heterocycles. The minimum absolute atomic E-state index is 0.235. The quantitative estimate of drug-likeness (QED) is 0.683. The van der Waals surface area contributed by atoms with Gasteiger partial charge in [-0.1, -0.05) is 0 Å². The lowest BCUT2D eigenvalue weighted by Gasteiger charge is -2.22. The summed E-state index contributed by atoms with van der Waals surface area (Å²) in [5.41, 5.74) is 7.97. The van der Waals surface area contributed by atoms with E-state index in [1.54, 1.807) is 30.7 Å². The Bertz CT molecular complexity index is 934. The van der Waals surface area contributed by atoms with Crippen LogP contribution in [-0.2, 0) is 13.0 Å². The van der Waals surface area contributed by atoms with Crippen molar-refractivity contribution in [2.45, 2.75) is 19.4 Å². The van der Waals surface area contributed by atoms with Crippen LogP contribution in [0, 0.1) is 5.92 Å². The van der Waals surface area contributed by atoms with Gasteiger partial charge in [-0.2, -0.15) is 0 Å². The lowest BCUT2D eigenvalue weighted by atomic mass is 9.95. The fourth-order valence-electron chi connectivity index (χ4n) is 3.01. The van der Waals surface area contributed by atoms with E-state index in [0.29, 0.717) is 29.6 Å². The molecule has 0 saturated heterocycles. The Morgan fingerprint density at radius 1 is 1.41 bits per heavy atom. The Kier molecular flexibility index (Phi) is 2.69. The van der Waals surface area contributed by atoms with Gasteiger partial charge in [0.2, 0.25) is 5.91 Å². The summed E-state index contributed by atoms with van der Waals surface area (Å²) >= 11 is 0. The monoisotopic (exact) mass is 298 g/mol. The highest BCUT2D eigenvalue weighted by Gasteiger charge is 2.28. The van der Waals surface area contributed by atoms with Crippen LogP contribution < -0.4 is 11.5 Å². The number of aromatic nitrogens is 3. The number of aryl methyl sites for hydroxylation is 1. The second-order valence-electron chi connectivity index (χ2n) is 5.54. The summed E-state index contributed by atoms with van der Waals surface area (Å²) in [4.78, 5) is 28.9. The number of nitrogens with two attached hydrogens (primary N) is 1. The van der Waals surface area contributed by atoms with Gasteiger partial charge in [-0.3, -0.25) is 4.79 Å². The maximum absolute atomic E-state index is 12.8. The summed E-state index contributed by atoms with van der Waals surface area (Å²) in [6.07, 6.45) is 4.78. The zero-order valence-corrected chi connectivity index (χ0v) is 11.7. The SMILES string of the molecule is Nc1ccc2c(c1)oc(=O)n2C(=O)C1CCn2cncc2C1. The van der Waals surface area contributed by atoms with E-state index in [4.69, 9.17) is 10.2 Å². The van der Waals surface area contributed by atoms with Crippen molar-refractivity contribution < 1.29 is 9.21 Å². The van der Waals surface area contributed by atoms with Gasteiger partial charge in [0.05, 0.1) is 11.8 Å². The van der Waals surface area contributed by atoms with Crippen LogP contribution in [0.25, 0.3) is 11.1 Å². The van der Waals surface area contributed by atoms with Crippen LogP contribution in [0.5, 0.6) is 0 Å². The third-order valence-corrected chi connectivity index (χ3v) is 4.15. The van der Waals surface area contributed by atoms with Gasteiger partial charge in [0.1, 0.15) is 0 Å². The molecule has 3 heterocycles. The first kappa shape index (κ1) is 12.9. The molecule has 0 radical (unpaired) electrons. The molecule has 1 unspecified atom stereocenters. The fourth-order valence-corrected chi connectivity index (χ4v) is 3.01. The topological polar surface area (TPSA) is 96.0 Å². The molecule has 4 rings (SSSR count). The molecular formula is C15H14N4O3. The molecule has 7 nitrogen and oxygen atoms in total. The van der Waals surface area contributed by atoms with Gasteiger partial charge in [0, 0.05) is 42.5 Å². The Labute approximate surface area is 125 Å². The zero-order chi connectivity index (χ0) is 15.3. The first-order valence-corrected chi connectivity index (χ1v) is 7.08. The number of anilines is 1. The number of imidazole rings is 1. The number of fused-ring (bicyclic) bond motifs is 2. The average Bonchev–Trinajstić information content (AvgIpc) is 3.08. The second-order valence-corrected chi connectivity index (χ2v) is 5.54. The lowest BCUT2D eigenvalue weighted by molar-refractivity contribution is 0.0808. The minimum Gasteiger partial charge on any atom is -0.407 e. The van der Waals surface area contributed by atoms with Crippen LogP contribution in [0.1, 0.15) is 16.9 Å². The summed E-state index contributed by atoms with van der Waals surface area (Å²) in [7, 11) is 0. The van der Waals surface area contributed by atoms with E-state index in [1.807, 2.05) is 4.57 Å².